The molecule has 2 aromatic heterocycles. The summed E-state index contributed by atoms with van der Waals surface area (Å²) in [6.45, 7) is 1.14. The van der Waals surface area contributed by atoms with Gasteiger partial charge in [0.15, 0.2) is 5.79 Å². The van der Waals surface area contributed by atoms with E-state index in [0.29, 0.717) is 30.3 Å². The lowest BCUT2D eigenvalue weighted by molar-refractivity contribution is -0.242. The van der Waals surface area contributed by atoms with E-state index in [1.807, 2.05) is 23.0 Å². The topological polar surface area (TPSA) is 146 Å². The molecule has 206 valence electrons. The summed E-state index contributed by atoms with van der Waals surface area (Å²) < 4.78 is 46.0. The minimum Gasteiger partial charge on any atom is -0.494 e. The zero-order chi connectivity index (χ0) is 27.4. The number of benzene rings is 1. The number of nitrogens with two attached hydrogens (primary N) is 1. The molecule has 1 aliphatic heterocycles. The summed E-state index contributed by atoms with van der Waals surface area (Å²) in [5.74, 6) is -5.29. The van der Waals surface area contributed by atoms with Gasteiger partial charge in [0, 0.05) is 48.0 Å². The molecule has 6 rings (SSSR count). The molecule has 1 saturated heterocycles. The smallest absolute Gasteiger partial charge is 0.260 e. The number of carbonyl (C=O) groups is 1. The van der Waals surface area contributed by atoms with E-state index in [2.05, 4.69) is 20.7 Å². The number of para-hydroxylation sites is 1. The average Bonchev–Trinajstić information content (AvgIpc) is 3.28. The van der Waals surface area contributed by atoms with Gasteiger partial charge in [0.25, 0.3) is 5.92 Å². The van der Waals surface area contributed by atoms with Gasteiger partial charge < -0.3 is 35.7 Å². The van der Waals surface area contributed by atoms with Gasteiger partial charge in [-0.3, -0.25) is 9.48 Å². The van der Waals surface area contributed by atoms with Crippen LogP contribution in [0.25, 0.3) is 11.1 Å². The van der Waals surface area contributed by atoms with Gasteiger partial charge in [-0.05, 0) is 12.5 Å². The fourth-order valence-electron chi connectivity index (χ4n) is 5.11. The van der Waals surface area contributed by atoms with Crippen LogP contribution in [0.15, 0.2) is 42.9 Å². The maximum absolute atomic E-state index is 13.3. The number of aliphatic hydroxyl groups excluding tert-OH is 1. The number of halogens is 2. The fourth-order valence-corrected chi connectivity index (χ4v) is 5.11. The Labute approximate surface area is 222 Å². The lowest BCUT2D eigenvalue weighted by Gasteiger charge is -2.44. The first kappa shape index (κ1) is 25.6. The Kier molecular flexibility index (Phi) is 6.25. The number of nitrogens with one attached hydrogen (secondary N) is 2. The van der Waals surface area contributed by atoms with Gasteiger partial charge in [-0.15, -0.1) is 0 Å². The highest BCUT2D eigenvalue weighted by atomic mass is 19.3. The molecule has 3 fully saturated rings. The highest BCUT2D eigenvalue weighted by Gasteiger charge is 2.61. The number of ether oxygens (including phenoxy) is 3. The average molecular weight is 543 g/mol. The molecule has 3 aliphatic rings. The standard InChI is InChI=1S/C26H28F2N6O5/c1-37-22-15(14-11-31-34(13-14)20-5-6-26(20)38-7-8-39-26)3-2-4-18(22)32-19-9-21(30-12-16(19)23(29)35)33-24(36)17-10-25(17,27)28/h2-4,9,11-13,17,20,23,35H,5-8,10,29H2,1H3,(H2,30,32,33,36). The third-order valence-electron chi connectivity index (χ3n) is 7.42. The minimum atomic E-state index is -3.00. The summed E-state index contributed by atoms with van der Waals surface area (Å²) in [7, 11) is 1.53. The predicted molar refractivity (Wildman–Crippen MR) is 135 cm³/mol. The number of hydrogen-bond acceptors (Lipinski definition) is 9. The van der Waals surface area contributed by atoms with Crippen LogP contribution in [-0.4, -0.2) is 57.8 Å². The lowest BCUT2D eigenvalue weighted by atomic mass is 9.85. The van der Waals surface area contributed by atoms with Crippen LogP contribution in [0.3, 0.4) is 0 Å². The van der Waals surface area contributed by atoms with Crippen molar-refractivity contribution in [2.75, 3.05) is 31.0 Å². The van der Waals surface area contributed by atoms with Crippen LogP contribution in [0.4, 0.5) is 26.0 Å². The molecule has 13 heteroatoms. The second-order valence-electron chi connectivity index (χ2n) is 9.89. The van der Waals surface area contributed by atoms with Gasteiger partial charge in [0.2, 0.25) is 5.91 Å². The molecule has 1 spiro atoms. The van der Waals surface area contributed by atoms with Crippen molar-refractivity contribution in [3.8, 4) is 16.9 Å². The Hall–Kier alpha value is -3.65. The minimum absolute atomic E-state index is 0.0179. The van der Waals surface area contributed by atoms with Crippen LogP contribution in [-0.2, 0) is 14.3 Å². The Morgan fingerprint density at radius 3 is 2.69 bits per heavy atom. The largest absolute Gasteiger partial charge is 0.494 e. The molecule has 3 atom stereocenters. The van der Waals surface area contributed by atoms with Gasteiger partial charge >= 0.3 is 0 Å². The number of anilines is 3. The van der Waals surface area contributed by atoms with E-state index < -0.39 is 36.2 Å². The first-order chi connectivity index (χ1) is 18.7. The Bertz CT molecular complexity index is 1410. The summed E-state index contributed by atoms with van der Waals surface area (Å²) >= 11 is 0. The number of pyridine rings is 1. The van der Waals surface area contributed by atoms with E-state index in [1.165, 1.54) is 19.4 Å². The van der Waals surface area contributed by atoms with Crippen molar-refractivity contribution in [2.24, 2.45) is 11.7 Å². The molecule has 3 heterocycles. The second-order valence-corrected chi connectivity index (χ2v) is 9.89. The zero-order valence-electron chi connectivity index (χ0n) is 21.1. The van der Waals surface area contributed by atoms with Crippen LogP contribution >= 0.6 is 0 Å². The van der Waals surface area contributed by atoms with Crippen LogP contribution < -0.4 is 21.1 Å². The summed E-state index contributed by atoms with van der Waals surface area (Å²) in [6, 6.07) is 6.88. The van der Waals surface area contributed by atoms with Crippen LogP contribution in [0.5, 0.6) is 5.75 Å². The van der Waals surface area contributed by atoms with Crippen LogP contribution in [0.1, 0.15) is 37.1 Å². The summed E-state index contributed by atoms with van der Waals surface area (Å²) in [6.07, 6.45) is 4.76. The van der Waals surface area contributed by atoms with E-state index in [1.54, 1.807) is 12.3 Å². The van der Waals surface area contributed by atoms with E-state index in [9.17, 15) is 18.7 Å². The molecule has 2 aliphatic carbocycles. The molecule has 0 bridgehead atoms. The molecule has 2 saturated carbocycles. The normalized spacial score (nSPS) is 23.2. The van der Waals surface area contributed by atoms with Crippen molar-refractivity contribution in [3.63, 3.8) is 0 Å². The lowest BCUT2D eigenvalue weighted by Crippen LogP contribution is -2.49. The number of amides is 1. The summed E-state index contributed by atoms with van der Waals surface area (Å²) in [5, 5.41) is 20.2. The first-order valence-electron chi connectivity index (χ1n) is 12.6. The highest BCUT2D eigenvalue weighted by Crippen LogP contribution is 2.50. The van der Waals surface area contributed by atoms with Crippen LogP contribution in [0.2, 0.25) is 0 Å². The number of methoxy groups -OCH3 is 1. The molecule has 0 radical (unpaired) electrons. The monoisotopic (exact) mass is 542 g/mol. The van der Waals surface area contributed by atoms with E-state index >= 15 is 0 Å². The number of aliphatic hydroxyl groups is 1. The van der Waals surface area contributed by atoms with E-state index in [0.717, 1.165) is 24.0 Å². The number of alkyl halides is 2. The third-order valence-corrected chi connectivity index (χ3v) is 7.42. The Balaban J connectivity index is 1.27. The van der Waals surface area contributed by atoms with Crippen molar-refractivity contribution in [2.45, 2.75) is 43.2 Å². The summed E-state index contributed by atoms with van der Waals surface area (Å²) in [5.41, 5.74) is 8.37. The number of aromatic nitrogens is 3. The van der Waals surface area contributed by atoms with Crippen molar-refractivity contribution in [1.29, 1.82) is 0 Å². The van der Waals surface area contributed by atoms with Gasteiger partial charge in [0.1, 0.15) is 29.8 Å². The molecule has 39 heavy (non-hydrogen) atoms. The zero-order valence-corrected chi connectivity index (χ0v) is 21.1. The highest BCUT2D eigenvalue weighted by molar-refractivity contribution is 5.95. The number of hydrogen-bond donors (Lipinski definition) is 4. The second kappa shape index (κ2) is 9.52. The number of nitrogens with zero attached hydrogens (tertiary/aromatic N) is 3. The molecule has 3 unspecified atom stereocenters. The molecule has 1 amide bonds. The fraction of sp³-hybridized carbons (Fsp3) is 0.423. The van der Waals surface area contributed by atoms with Crippen molar-refractivity contribution in [1.82, 2.24) is 14.8 Å². The molecular formula is C26H28F2N6O5. The van der Waals surface area contributed by atoms with Crippen LogP contribution in [0, 0.1) is 5.92 Å². The third kappa shape index (κ3) is 4.61. The maximum Gasteiger partial charge on any atom is 0.260 e. The Morgan fingerprint density at radius 1 is 1.28 bits per heavy atom. The first-order valence-corrected chi connectivity index (χ1v) is 12.6. The van der Waals surface area contributed by atoms with E-state index in [-0.39, 0.29) is 17.4 Å². The predicted octanol–water partition coefficient (Wildman–Crippen LogP) is 3.32. The van der Waals surface area contributed by atoms with Crippen molar-refractivity contribution in [3.05, 3.63) is 48.4 Å². The Morgan fingerprint density at radius 2 is 2.05 bits per heavy atom. The number of carbonyl (C=O) groups excluding carboxylic acids is 1. The molecule has 11 nitrogen and oxygen atoms in total. The van der Waals surface area contributed by atoms with Crippen molar-refractivity contribution < 1.29 is 32.9 Å². The van der Waals surface area contributed by atoms with Gasteiger partial charge in [-0.1, -0.05) is 12.1 Å². The van der Waals surface area contributed by atoms with Gasteiger partial charge in [-0.2, -0.15) is 5.10 Å². The van der Waals surface area contributed by atoms with Gasteiger partial charge in [0.05, 0.1) is 37.9 Å². The molecule has 5 N–H and O–H groups in total. The maximum atomic E-state index is 13.3. The number of rotatable bonds is 8. The molecule has 3 aromatic rings. The van der Waals surface area contributed by atoms with E-state index in [4.69, 9.17) is 19.9 Å². The quantitative estimate of drug-likeness (QED) is 0.315. The van der Waals surface area contributed by atoms with Crippen molar-refractivity contribution >= 4 is 23.1 Å². The summed E-state index contributed by atoms with van der Waals surface area (Å²) in [4.78, 5) is 16.2. The molecular weight excluding hydrogens is 514 g/mol. The SMILES string of the molecule is COc1c(Nc2cc(NC(=O)C3CC3(F)F)ncc2C(N)O)cccc1-c1cnn(C2CCC23OCCO3)c1. The molecule has 1 aromatic carbocycles. The van der Waals surface area contributed by atoms with Gasteiger partial charge in [-0.25, -0.2) is 13.8 Å².